The first-order valence-corrected chi connectivity index (χ1v) is 8.52. The van der Waals surface area contributed by atoms with Crippen molar-refractivity contribution in [1.82, 2.24) is 0 Å². The quantitative estimate of drug-likeness (QED) is 0.504. The topological polar surface area (TPSA) is 12.0 Å². The van der Waals surface area contributed by atoms with Crippen molar-refractivity contribution in [3.05, 3.63) is 61.0 Å². The first-order valence-electron chi connectivity index (χ1n) is 6.18. The van der Waals surface area contributed by atoms with Gasteiger partial charge in [-0.3, -0.25) is 0 Å². The zero-order chi connectivity index (χ0) is 14.7. The molecule has 0 fully saturated rings. The fourth-order valence-electron chi connectivity index (χ4n) is 1.97. The Kier molecular flexibility index (Phi) is 5.79. The van der Waals surface area contributed by atoms with Crippen LogP contribution in [-0.2, 0) is 0 Å². The van der Waals surface area contributed by atoms with E-state index < -0.39 is 0 Å². The maximum absolute atomic E-state index is 6.28. The SMILES string of the molecule is CCC(Nc1ccc(Br)c(Cl)c1Cl)c1cccc(Br)c1. The summed E-state index contributed by atoms with van der Waals surface area (Å²) in [6.45, 7) is 2.13. The second-order valence-corrected chi connectivity index (χ2v) is 6.91. The molecule has 0 amide bonds. The minimum Gasteiger partial charge on any atom is -0.377 e. The van der Waals surface area contributed by atoms with Crippen molar-refractivity contribution in [2.75, 3.05) is 5.32 Å². The number of hydrogen-bond donors (Lipinski definition) is 1. The van der Waals surface area contributed by atoms with Crippen LogP contribution in [-0.4, -0.2) is 0 Å². The van der Waals surface area contributed by atoms with Crippen molar-refractivity contribution in [3.63, 3.8) is 0 Å². The number of nitrogens with one attached hydrogen (secondary N) is 1. The van der Waals surface area contributed by atoms with Gasteiger partial charge in [-0.25, -0.2) is 0 Å². The summed E-state index contributed by atoms with van der Waals surface area (Å²) < 4.78 is 1.86. The standard InChI is InChI=1S/C15H13Br2Cl2N/c1-2-12(9-4-3-5-10(16)8-9)20-13-7-6-11(17)14(18)15(13)19/h3-8,12,20H,2H2,1H3. The average molecular weight is 438 g/mol. The summed E-state index contributed by atoms with van der Waals surface area (Å²) in [7, 11) is 0. The summed E-state index contributed by atoms with van der Waals surface area (Å²) >= 11 is 19.3. The molecule has 0 heterocycles. The van der Waals surface area contributed by atoms with E-state index in [0.717, 1.165) is 21.1 Å². The molecule has 0 aromatic heterocycles. The molecule has 1 nitrogen and oxygen atoms in total. The van der Waals surface area contributed by atoms with Gasteiger partial charge in [0, 0.05) is 8.95 Å². The van der Waals surface area contributed by atoms with Crippen LogP contribution in [0.4, 0.5) is 5.69 Å². The van der Waals surface area contributed by atoms with Crippen LogP contribution in [0.3, 0.4) is 0 Å². The molecule has 0 radical (unpaired) electrons. The molecule has 0 aliphatic rings. The van der Waals surface area contributed by atoms with E-state index in [9.17, 15) is 0 Å². The maximum Gasteiger partial charge on any atom is 0.0835 e. The minimum absolute atomic E-state index is 0.183. The van der Waals surface area contributed by atoms with Crippen molar-refractivity contribution >= 4 is 60.7 Å². The third-order valence-corrected chi connectivity index (χ3v) is 5.29. The Morgan fingerprint density at radius 2 is 1.85 bits per heavy atom. The lowest BCUT2D eigenvalue weighted by Gasteiger charge is -2.20. The van der Waals surface area contributed by atoms with Gasteiger partial charge >= 0.3 is 0 Å². The van der Waals surface area contributed by atoms with E-state index in [-0.39, 0.29) is 6.04 Å². The Morgan fingerprint density at radius 1 is 1.10 bits per heavy atom. The smallest absolute Gasteiger partial charge is 0.0835 e. The van der Waals surface area contributed by atoms with Gasteiger partial charge in [-0.2, -0.15) is 0 Å². The fraction of sp³-hybridized carbons (Fsp3) is 0.200. The molecule has 20 heavy (non-hydrogen) atoms. The summed E-state index contributed by atoms with van der Waals surface area (Å²) in [5, 5.41) is 4.52. The monoisotopic (exact) mass is 435 g/mol. The van der Waals surface area contributed by atoms with E-state index >= 15 is 0 Å². The normalized spacial score (nSPS) is 12.2. The zero-order valence-corrected chi connectivity index (χ0v) is 15.4. The lowest BCUT2D eigenvalue weighted by molar-refractivity contribution is 0.749. The molecule has 1 N–H and O–H groups in total. The first kappa shape index (κ1) is 16.2. The van der Waals surface area contributed by atoms with Crippen LogP contribution < -0.4 is 5.32 Å². The number of rotatable bonds is 4. The van der Waals surface area contributed by atoms with E-state index in [2.05, 4.69) is 56.2 Å². The Labute approximate surface area is 145 Å². The molecule has 1 unspecified atom stereocenters. The van der Waals surface area contributed by atoms with Crippen LogP contribution in [0.2, 0.25) is 10.0 Å². The summed E-state index contributed by atoms with van der Waals surface area (Å²) in [6, 6.07) is 12.3. The van der Waals surface area contributed by atoms with Gasteiger partial charge in [-0.1, -0.05) is 58.2 Å². The lowest BCUT2D eigenvalue weighted by atomic mass is 10.0. The first-order chi connectivity index (χ1) is 9.52. The number of hydrogen-bond acceptors (Lipinski definition) is 1. The van der Waals surface area contributed by atoms with Crippen molar-refractivity contribution < 1.29 is 0 Å². The van der Waals surface area contributed by atoms with Crippen LogP contribution >= 0.6 is 55.1 Å². The highest BCUT2D eigenvalue weighted by Crippen LogP contribution is 2.37. The molecule has 0 saturated heterocycles. The van der Waals surface area contributed by atoms with Gasteiger partial charge in [-0.05, 0) is 52.2 Å². The summed E-state index contributed by atoms with van der Waals surface area (Å²) in [6.07, 6.45) is 0.945. The predicted molar refractivity (Wildman–Crippen MR) is 95.0 cm³/mol. The second kappa shape index (κ2) is 7.17. The highest BCUT2D eigenvalue weighted by molar-refractivity contribution is 9.10. The minimum atomic E-state index is 0.183. The van der Waals surface area contributed by atoms with Gasteiger partial charge < -0.3 is 5.32 Å². The molecule has 2 aromatic rings. The Hall–Kier alpha value is -0.220. The Bertz CT molecular complexity index is 617. The van der Waals surface area contributed by atoms with Gasteiger partial charge in [0.2, 0.25) is 0 Å². The molecular formula is C15H13Br2Cl2N. The lowest BCUT2D eigenvalue weighted by Crippen LogP contribution is -2.10. The van der Waals surface area contributed by atoms with Crippen molar-refractivity contribution in [1.29, 1.82) is 0 Å². The van der Waals surface area contributed by atoms with Crippen LogP contribution in [0.25, 0.3) is 0 Å². The number of halogens is 4. The fourth-order valence-corrected chi connectivity index (χ4v) is 3.22. The molecule has 2 aromatic carbocycles. The third kappa shape index (κ3) is 3.70. The molecule has 106 valence electrons. The molecule has 5 heteroatoms. The summed E-state index contributed by atoms with van der Waals surface area (Å²) in [4.78, 5) is 0. The second-order valence-electron chi connectivity index (χ2n) is 4.38. The number of benzene rings is 2. The van der Waals surface area contributed by atoms with Gasteiger partial charge in [0.05, 0.1) is 21.8 Å². The predicted octanol–water partition coefficient (Wildman–Crippen LogP) is 7.08. The van der Waals surface area contributed by atoms with Gasteiger partial charge in [0.1, 0.15) is 0 Å². The van der Waals surface area contributed by atoms with E-state index in [4.69, 9.17) is 23.2 Å². The van der Waals surface area contributed by atoms with Crippen molar-refractivity contribution in [3.8, 4) is 0 Å². The van der Waals surface area contributed by atoms with Crippen LogP contribution in [0.1, 0.15) is 24.9 Å². The van der Waals surface area contributed by atoms with E-state index in [1.54, 1.807) is 0 Å². The Balaban J connectivity index is 2.29. The van der Waals surface area contributed by atoms with E-state index in [1.165, 1.54) is 5.56 Å². The van der Waals surface area contributed by atoms with E-state index in [1.807, 2.05) is 24.3 Å². The van der Waals surface area contributed by atoms with Gasteiger partial charge in [0.25, 0.3) is 0 Å². The molecule has 0 aliphatic heterocycles. The third-order valence-electron chi connectivity index (χ3n) is 3.02. The molecule has 0 spiro atoms. The molecular weight excluding hydrogens is 425 g/mol. The highest BCUT2D eigenvalue weighted by atomic mass is 79.9. The van der Waals surface area contributed by atoms with Crippen molar-refractivity contribution in [2.45, 2.75) is 19.4 Å². The van der Waals surface area contributed by atoms with Gasteiger partial charge in [-0.15, -0.1) is 0 Å². The molecule has 0 bridgehead atoms. The largest absolute Gasteiger partial charge is 0.377 e. The molecule has 1 atom stereocenters. The summed E-state index contributed by atoms with van der Waals surface area (Å²) in [5.41, 5.74) is 2.05. The summed E-state index contributed by atoms with van der Waals surface area (Å²) in [5.74, 6) is 0. The molecule has 2 rings (SSSR count). The van der Waals surface area contributed by atoms with Crippen LogP contribution in [0, 0.1) is 0 Å². The highest BCUT2D eigenvalue weighted by Gasteiger charge is 2.14. The van der Waals surface area contributed by atoms with Gasteiger partial charge in [0.15, 0.2) is 0 Å². The zero-order valence-electron chi connectivity index (χ0n) is 10.8. The molecule has 0 aliphatic carbocycles. The maximum atomic E-state index is 6.28. The Morgan fingerprint density at radius 3 is 2.50 bits per heavy atom. The van der Waals surface area contributed by atoms with Crippen LogP contribution in [0.15, 0.2) is 45.3 Å². The van der Waals surface area contributed by atoms with E-state index in [0.29, 0.717) is 10.0 Å². The average Bonchev–Trinajstić information content (AvgIpc) is 2.44. The molecule has 0 saturated carbocycles. The van der Waals surface area contributed by atoms with Crippen molar-refractivity contribution in [2.24, 2.45) is 0 Å². The van der Waals surface area contributed by atoms with Crippen LogP contribution in [0.5, 0.6) is 0 Å². The number of anilines is 1.